The van der Waals surface area contributed by atoms with Gasteiger partial charge in [-0.3, -0.25) is 9.69 Å². The van der Waals surface area contributed by atoms with Crippen molar-refractivity contribution in [1.29, 1.82) is 0 Å². The van der Waals surface area contributed by atoms with Crippen molar-refractivity contribution in [3.63, 3.8) is 0 Å². The summed E-state index contributed by atoms with van der Waals surface area (Å²) in [5.41, 5.74) is 3.74. The Morgan fingerprint density at radius 1 is 0.939 bits per heavy atom. The summed E-state index contributed by atoms with van der Waals surface area (Å²) in [6, 6.07) is 17.0. The van der Waals surface area contributed by atoms with Crippen LogP contribution in [0.5, 0.6) is 5.75 Å². The first-order valence-corrected chi connectivity index (χ1v) is 12.7. The van der Waals surface area contributed by atoms with Gasteiger partial charge in [-0.2, -0.15) is 0 Å². The minimum absolute atomic E-state index is 0.0405. The minimum atomic E-state index is -0.0405. The summed E-state index contributed by atoms with van der Waals surface area (Å²) < 4.78 is 5.60. The fourth-order valence-corrected chi connectivity index (χ4v) is 6.09. The molecule has 0 aromatic heterocycles. The maximum absolute atomic E-state index is 13.9. The van der Waals surface area contributed by atoms with Gasteiger partial charge in [0.1, 0.15) is 5.75 Å². The number of aryl methyl sites for hydroxylation is 1. The van der Waals surface area contributed by atoms with Gasteiger partial charge in [-0.05, 0) is 49.4 Å². The number of nitrogens with one attached hydrogen (secondary N) is 1. The van der Waals surface area contributed by atoms with Crippen LogP contribution >= 0.6 is 0 Å². The van der Waals surface area contributed by atoms with Crippen LogP contribution in [0.1, 0.15) is 44.1 Å². The van der Waals surface area contributed by atoms with E-state index in [-0.39, 0.29) is 18.0 Å². The highest BCUT2D eigenvalue weighted by Gasteiger charge is 2.40. The third-order valence-electron chi connectivity index (χ3n) is 7.90. The maximum atomic E-state index is 13.9. The van der Waals surface area contributed by atoms with Gasteiger partial charge in [0.25, 0.3) is 0 Å². The van der Waals surface area contributed by atoms with Gasteiger partial charge in [0, 0.05) is 43.8 Å². The number of para-hydroxylation sites is 3. The molecule has 3 aliphatic rings. The first kappa shape index (κ1) is 22.3. The second-order valence-corrected chi connectivity index (χ2v) is 9.82. The monoisotopic (exact) mass is 447 g/mol. The van der Waals surface area contributed by atoms with Crippen LogP contribution in [0.4, 0.5) is 11.4 Å². The van der Waals surface area contributed by atoms with E-state index in [0.29, 0.717) is 5.78 Å². The summed E-state index contributed by atoms with van der Waals surface area (Å²) in [4.78, 5) is 18.8. The van der Waals surface area contributed by atoms with Gasteiger partial charge in [0.15, 0.2) is 5.78 Å². The van der Waals surface area contributed by atoms with Gasteiger partial charge < -0.3 is 15.0 Å². The van der Waals surface area contributed by atoms with E-state index >= 15 is 0 Å². The third-order valence-corrected chi connectivity index (χ3v) is 7.90. The Bertz CT molecular complexity index is 948. The Kier molecular flexibility index (Phi) is 6.86. The molecule has 5 nitrogen and oxygen atoms in total. The molecular weight excluding hydrogens is 410 g/mol. The van der Waals surface area contributed by atoms with E-state index in [2.05, 4.69) is 51.5 Å². The minimum Gasteiger partial charge on any atom is -0.495 e. The van der Waals surface area contributed by atoms with Gasteiger partial charge in [-0.15, -0.1) is 0 Å². The largest absolute Gasteiger partial charge is 0.495 e. The number of carbonyl (C=O) groups excluding carboxylic acids is 1. The molecule has 5 rings (SSSR count). The molecule has 33 heavy (non-hydrogen) atoms. The molecule has 0 bridgehead atoms. The highest BCUT2D eigenvalue weighted by atomic mass is 16.5. The summed E-state index contributed by atoms with van der Waals surface area (Å²) in [5, 5.41) is 3.78. The van der Waals surface area contributed by atoms with Crippen LogP contribution in [-0.2, 0) is 11.2 Å². The van der Waals surface area contributed by atoms with Crippen LogP contribution < -0.4 is 15.0 Å². The smallest absolute Gasteiger partial charge is 0.155 e. The molecule has 1 saturated heterocycles. The first-order valence-electron chi connectivity index (χ1n) is 12.7. The molecule has 0 amide bonds. The standard InChI is InChI=1S/C28H37N3O2/c1-33-26-14-8-7-13-25(26)30-17-19-31(20-18-30)27(28(32)22-10-3-2-4-11-22)24-16-15-21-9-5-6-12-23(21)29-24/h5-9,12-14,22,24,27,29H,2-4,10-11,15-20H2,1H3. The fourth-order valence-electron chi connectivity index (χ4n) is 6.09. The van der Waals surface area contributed by atoms with Crippen molar-refractivity contribution in [3.05, 3.63) is 54.1 Å². The number of Topliss-reactive ketones (excluding diaryl/α,β-unsaturated/α-hetero) is 1. The number of carbonyl (C=O) groups is 1. The van der Waals surface area contributed by atoms with Crippen molar-refractivity contribution in [3.8, 4) is 5.75 Å². The lowest BCUT2D eigenvalue weighted by Gasteiger charge is -2.45. The number of piperazine rings is 1. The van der Waals surface area contributed by atoms with E-state index in [1.165, 1.54) is 30.5 Å². The number of nitrogens with zero attached hydrogens (tertiary/aromatic N) is 2. The predicted octanol–water partition coefficient (Wildman–Crippen LogP) is 4.76. The average Bonchev–Trinajstić information content (AvgIpc) is 2.89. The Morgan fingerprint density at radius 2 is 1.67 bits per heavy atom. The van der Waals surface area contributed by atoms with Gasteiger partial charge in [-0.1, -0.05) is 49.6 Å². The molecule has 1 N–H and O–H groups in total. The Hall–Kier alpha value is -2.53. The zero-order valence-electron chi connectivity index (χ0n) is 19.8. The number of methoxy groups -OCH3 is 1. The summed E-state index contributed by atoms with van der Waals surface area (Å²) in [5.74, 6) is 1.64. The SMILES string of the molecule is COc1ccccc1N1CCN(C(C(=O)C2CCCCC2)C2CCc3ccccc3N2)CC1. The quantitative estimate of drug-likeness (QED) is 0.692. The lowest BCUT2D eigenvalue weighted by Crippen LogP contribution is -2.60. The molecule has 0 radical (unpaired) electrons. The highest BCUT2D eigenvalue weighted by Crippen LogP contribution is 2.33. The molecule has 0 spiro atoms. The normalized spacial score (nSPS) is 22.8. The molecule has 1 saturated carbocycles. The van der Waals surface area contributed by atoms with Crippen molar-refractivity contribution >= 4 is 17.2 Å². The van der Waals surface area contributed by atoms with Crippen molar-refractivity contribution in [2.45, 2.75) is 57.0 Å². The van der Waals surface area contributed by atoms with Crippen LogP contribution in [0.25, 0.3) is 0 Å². The van der Waals surface area contributed by atoms with Crippen LogP contribution in [0.15, 0.2) is 48.5 Å². The second kappa shape index (κ2) is 10.2. The zero-order valence-corrected chi connectivity index (χ0v) is 19.8. The number of ketones is 1. The van der Waals surface area contributed by atoms with E-state index in [9.17, 15) is 4.79 Å². The van der Waals surface area contributed by atoms with Gasteiger partial charge in [0.05, 0.1) is 18.8 Å². The molecule has 176 valence electrons. The summed E-state index contributed by atoms with van der Waals surface area (Å²) in [7, 11) is 1.74. The molecule has 2 unspecified atom stereocenters. The van der Waals surface area contributed by atoms with Crippen molar-refractivity contribution in [2.24, 2.45) is 5.92 Å². The summed E-state index contributed by atoms with van der Waals surface area (Å²) >= 11 is 0. The molecule has 2 aromatic carbocycles. The van der Waals surface area contributed by atoms with E-state index in [1.807, 2.05) is 12.1 Å². The first-order chi connectivity index (χ1) is 16.2. The van der Waals surface area contributed by atoms with Crippen LogP contribution in [0.3, 0.4) is 0 Å². The van der Waals surface area contributed by atoms with Crippen LogP contribution in [-0.4, -0.2) is 56.1 Å². The lowest BCUT2D eigenvalue weighted by molar-refractivity contribution is -0.130. The number of hydrogen-bond acceptors (Lipinski definition) is 5. The lowest BCUT2D eigenvalue weighted by atomic mass is 9.80. The molecule has 2 aliphatic heterocycles. The van der Waals surface area contributed by atoms with Crippen molar-refractivity contribution in [1.82, 2.24) is 4.90 Å². The topological polar surface area (TPSA) is 44.8 Å². The third kappa shape index (κ3) is 4.74. The number of anilines is 2. The predicted molar refractivity (Wildman–Crippen MR) is 134 cm³/mol. The van der Waals surface area contributed by atoms with E-state index in [0.717, 1.165) is 63.3 Å². The Balaban J connectivity index is 1.34. The molecule has 2 aromatic rings. The van der Waals surface area contributed by atoms with Gasteiger partial charge >= 0.3 is 0 Å². The molecular formula is C28H37N3O2. The number of benzene rings is 2. The van der Waals surface area contributed by atoms with Crippen LogP contribution in [0, 0.1) is 5.92 Å². The second-order valence-electron chi connectivity index (χ2n) is 9.82. The van der Waals surface area contributed by atoms with Crippen molar-refractivity contribution < 1.29 is 9.53 Å². The molecule has 2 atom stereocenters. The molecule has 2 heterocycles. The van der Waals surface area contributed by atoms with E-state index in [4.69, 9.17) is 4.74 Å². The maximum Gasteiger partial charge on any atom is 0.155 e. The fraction of sp³-hybridized carbons (Fsp3) is 0.536. The molecule has 5 heteroatoms. The molecule has 2 fully saturated rings. The van der Waals surface area contributed by atoms with Gasteiger partial charge in [0.2, 0.25) is 0 Å². The Labute approximate surface area is 198 Å². The van der Waals surface area contributed by atoms with E-state index < -0.39 is 0 Å². The average molecular weight is 448 g/mol. The van der Waals surface area contributed by atoms with Crippen LogP contribution in [0.2, 0.25) is 0 Å². The number of fused-ring (bicyclic) bond motifs is 1. The highest BCUT2D eigenvalue weighted by molar-refractivity contribution is 5.88. The number of ether oxygens (including phenoxy) is 1. The van der Waals surface area contributed by atoms with Crippen molar-refractivity contribution in [2.75, 3.05) is 43.5 Å². The molecule has 1 aliphatic carbocycles. The zero-order chi connectivity index (χ0) is 22.6. The Morgan fingerprint density at radius 3 is 2.45 bits per heavy atom. The number of hydrogen-bond donors (Lipinski definition) is 1. The summed E-state index contributed by atoms with van der Waals surface area (Å²) in [6.07, 6.45) is 7.88. The number of rotatable bonds is 6. The van der Waals surface area contributed by atoms with E-state index in [1.54, 1.807) is 7.11 Å². The van der Waals surface area contributed by atoms with Gasteiger partial charge in [-0.25, -0.2) is 0 Å². The summed E-state index contributed by atoms with van der Waals surface area (Å²) in [6.45, 7) is 3.64.